The van der Waals surface area contributed by atoms with Gasteiger partial charge in [-0.3, -0.25) is 4.99 Å². The van der Waals surface area contributed by atoms with Crippen LogP contribution in [0.4, 0.5) is 17.6 Å². The Balaban J connectivity index is 2.51. The Morgan fingerprint density at radius 3 is 2.53 bits per heavy atom. The fraction of sp³-hybridized carbons (Fsp3) is 0.417. The molecular weight excluding hydrogens is 234 g/mol. The van der Waals surface area contributed by atoms with Gasteiger partial charge in [0.05, 0.1) is 5.56 Å². The van der Waals surface area contributed by atoms with Crippen molar-refractivity contribution in [2.75, 3.05) is 0 Å². The molecule has 0 amide bonds. The molecule has 1 aliphatic heterocycles. The maximum Gasteiger partial charge on any atom is 0.417 e. The molecule has 0 unspecified atom stereocenters. The summed E-state index contributed by atoms with van der Waals surface area (Å²) >= 11 is 0. The molecule has 1 nitrogen and oxygen atoms in total. The maximum atomic E-state index is 12.9. The summed E-state index contributed by atoms with van der Waals surface area (Å²) in [5, 5.41) is 0. The van der Waals surface area contributed by atoms with Crippen molar-refractivity contribution in [2.24, 2.45) is 4.99 Å². The van der Waals surface area contributed by atoms with Crippen LogP contribution in [0.2, 0.25) is 0 Å². The van der Waals surface area contributed by atoms with Gasteiger partial charge in [0.15, 0.2) is 0 Å². The molecule has 0 saturated carbocycles. The zero-order valence-corrected chi connectivity index (χ0v) is 9.18. The van der Waals surface area contributed by atoms with Gasteiger partial charge in [-0.05, 0) is 38.0 Å². The normalized spacial score (nSPS) is 20.5. The first kappa shape index (κ1) is 12.1. The van der Waals surface area contributed by atoms with E-state index < -0.39 is 17.6 Å². The molecule has 1 aliphatic rings. The molecule has 1 heterocycles. The molecule has 1 atom stereocenters. The van der Waals surface area contributed by atoms with Crippen molar-refractivity contribution < 1.29 is 17.6 Å². The Morgan fingerprint density at radius 2 is 2.00 bits per heavy atom. The van der Waals surface area contributed by atoms with Gasteiger partial charge in [-0.25, -0.2) is 4.39 Å². The molecule has 2 rings (SSSR count). The van der Waals surface area contributed by atoms with Gasteiger partial charge in [0.2, 0.25) is 0 Å². The second-order valence-electron chi connectivity index (χ2n) is 4.15. The zero-order valence-electron chi connectivity index (χ0n) is 9.18. The second-order valence-corrected chi connectivity index (χ2v) is 4.15. The fourth-order valence-electron chi connectivity index (χ4n) is 1.95. The van der Waals surface area contributed by atoms with Gasteiger partial charge < -0.3 is 0 Å². The minimum Gasteiger partial charge on any atom is -0.286 e. The van der Waals surface area contributed by atoms with E-state index in [2.05, 4.69) is 4.99 Å². The highest BCUT2D eigenvalue weighted by Crippen LogP contribution is 2.34. The molecule has 17 heavy (non-hydrogen) atoms. The van der Waals surface area contributed by atoms with Crippen molar-refractivity contribution >= 4 is 5.71 Å². The first-order valence-electron chi connectivity index (χ1n) is 5.31. The quantitative estimate of drug-likeness (QED) is 0.667. The summed E-state index contributed by atoms with van der Waals surface area (Å²) < 4.78 is 51.2. The lowest BCUT2D eigenvalue weighted by Gasteiger charge is -2.12. The van der Waals surface area contributed by atoms with Crippen LogP contribution in [0.3, 0.4) is 0 Å². The summed E-state index contributed by atoms with van der Waals surface area (Å²) in [6.45, 7) is 1.85. The van der Waals surface area contributed by atoms with Crippen LogP contribution >= 0.6 is 0 Å². The van der Waals surface area contributed by atoms with Crippen molar-refractivity contribution in [3.63, 3.8) is 0 Å². The van der Waals surface area contributed by atoms with Crippen LogP contribution in [0.25, 0.3) is 0 Å². The molecule has 0 aliphatic carbocycles. The molecule has 0 saturated heterocycles. The lowest BCUT2D eigenvalue weighted by molar-refractivity contribution is -0.137. The Bertz CT molecular complexity index is 462. The van der Waals surface area contributed by atoms with Crippen molar-refractivity contribution in [3.05, 3.63) is 35.1 Å². The number of rotatable bonds is 1. The predicted octanol–water partition coefficient (Wildman–Crippen LogP) is 3.82. The first-order chi connectivity index (χ1) is 7.88. The van der Waals surface area contributed by atoms with Crippen molar-refractivity contribution in [2.45, 2.75) is 32.0 Å². The van der Waals surface area contributed by atoms with Gasteiger partial charge in [-0.1, -0.05) is 0 Å². The topological polar surface area (TPSA) is 12.4 Å². The van der Waals surface area contributed by atoms with Crippen molar-refractivity contribution in [1.82, 2.24) is 0 Å². The third-order valence-corrected chi connectivity index (χ3v) is 2.77. The zero-order chi connectivity index (χ0) is 12.6. The molecule has 0 bridgehead atoms. The van der Waals surface area contributed by atoms with E-state index in [1.165, 1.54) is 0 Å². The minimum atomic E-state index is -4.55. The van der Waals surface area contributed by atoms with Gasteiger partial charge in [-0.2, -0.15) is 13.2 Å². The number of aliphatic imine (C=N–C) groups is 1. The highest BCUT2D eigenvalue weighted by molar-refractivity contribution is 6.03. The Hall–Kier alpha value is -1.39. The van der Waals surface area contributed by atoms with Crippen LogP contribution < -0.4 is 0 Å². The van der Waals surface area contributed by atoms with Gasteiger partial charge in [0, 0.05) is 17.3 Å². The van der Waals surface area contributed by atoms with Gasteiger partial charge >= 0.3 is 6.18 Å². The summed E-state index contributed by atoms with van der Waals surface area (Å²) in [5.41, 5.74) is -0.515. The van der Waals surface area contributed by atoms with E-state index in [0.717, 1.165) is 18.6 Å². The highest BCUT2D eigenvalue weighted by Gasteiger charge is 2.35. The van der Waals surface area contributed by atoms with E-state index in [1.54, 1.807) is 0 Å². The monoisotopic (exact) mass is 245 g/mol. The molecule has 0 radical (unpaired) electrons. The van der Waals surface area contributed by atoms with Gasteiger partial charge in [-0.15, -0.1) is 0 Å². The molecule has 0 spiro atoms. The lowest BCUT2D eigenvalue weighted by Crippen LogP contribution is -2.13. The van der Waals surface area contributed by atoms with Crippen LogP contribution in [0.1, 0.15) is 30.9 Å². The highest BCUT2D eigenvalue weighted by atomic mass is 19.4. The lowest BCUT2D eigenvalue weighted by atomic mass is 10.0. The third kappa shape index (κ3) is 2.48. The molecule has 1 aromatic carbocycles. The molecule has 5 heteroatoms. The second kappa shape index (κ2) is 4.13. The number of alkyl halides is 3. The SMILES string of the molecule is C[C@@H]1CCC(c2ccc(F)cc2C(F)(F)F)=N1. The van der Waals surface area contributed by atoms with E-state index in [9.17, 15) is 17.6 Å². The largest absolute Gasteiger partial charge is 0.417 e. The van der Waals surface area contributed by atoms with E-state index >= 15 is 0 Å². The predicted molar refractivity (Wildman–Crippen MR) is 56.6 cm³/mol. The number of nitrogens with zero attached hydrogens (tertiary/aromatic N) is 1. The first-order valence-corrected chi connectivity index (χ1v) is 5.31. The number of benzene rings is 1. The minimum absolute atomic E-state index is 0.00301. The smallest absolute Gasteiger partial charge is 0.286 e. The Morgan fingerprint density at radius 1 is 1.29 bits per heavy atom. The molecule has 92 valence electrons. The molecule has 0 N–H and O–H groups in total. The maximum absolute atomic E-state index is 12.9. The van der Waals surface area contributed by atoms with E-state index in [0.29, 0.717) is 18.2 Å². The molecule has 0 fully saturated rings. The van der Waals surface area contributed by atoms with Crippen LogP contribution in [0, 0.1) is 5.82 Å². The van der Waals surface area contributed by atoms with Crippen molar-refractivity contribution in [1.29, 1.82) is 0 Å². The Kier molecular flexibility index (Phi) is 2.93. The standard InChI is InChI=1S/C12H11F4N/c1-7-2-5-11(17-7)9-4-3-8(13)6-10(9)12(14,15)16/h3-4,6-7H,2,5H2,1H3/t7-/m1/s1. The fourth-order valence-corrected chi connectivity index (χ4v) is 1.95. The average Bonchev–Trinajstić information content (AvgIpc) is 2.63. The molecule has 1 aromatic rings. The average molecular weight is 245 g/mol. The van der Waals surface area contributed by atoms with E-state index in [1.807, 2.05) is 6.92 Å². The van der Waals surface area contributed by atoms with Crippen LogP contribution in [-0.4, -0.2) is 11.8 Å². The van der Waals surface area contributed by atoms with Crippen LogP contribution in [0.5, 0.6) is 0 Å². The number of hydrogen-bond donors (Lipinski definition) is 0. The van der Waals surface area contributed by atoms with Crippen LogP contribution in [0.15, 0.2) is 23.2 Å². The van der Waals surface area contributed by atoms with Crippen molar-refractivity contribution in [3.8, 4) is 0 Å². The summed E-state index contributed by atoms with van der Waals surface area (Å²) in [6.07, 6.45) is -3.30. The summed E-state index contributed by atoms with van der Waals surface area (Å²) in [7, 11) is 0. The van der Waals surface area contributed by atoms with Gasteiger partial charge in [0.25, 0.3) is 0 Å². The van der Waals surface area contributed by atoms with E-state index in [4.69, 9.17) is 0 Å². The van der Waals surface area contributed by atoms with E-state index in [-0.39, 0.29) is 11.6 Å². The molecular formula is C12H11F4N. The Labute approximate surface area is 96.2 Å². The summed E-state index contributed by atoms with van der Waals surface area (Å²) in [5.74, 6) is -0.882. The molecule has 0 aromatic heterocycles. The van der Waals surface area contributed by atoms with Gasteiger partial charge in [0.1, 0.15) is 5.82 Å². The summed E-state index contributed by atoms with van der Waals surface area (Å²) in [4.78, 5) is 4.16. The summed E-state index contributed by atoms with van der Waals surface area (Å²) in [6, 6.07) is 2.77. The number of halogens is 4. The number of hydrogen-bond acceptors (Lipinski definition) is 1. The third-order valence-electron chi connectivity index (χ3n) is 2.77. The van der Waals surface area contributed by atoms with Crippen LogP contribution in [-0.2, 0) is 6.18 Å².